The Hall–Kier alpha value is -3.78. The third-order valence-electron chi connectivity index (χ3n) is 4.70. The summed E-state index contributed by atoms with van der Waals surface area (Å²) in [6.45, 7) is 0. The van der Waals surface area contributed by atoms with E-state index in [0.717, 1.165) is 39.5 Å². The molecule has 4 rings (SSSR count). The molecule has 0 aliphatic heterocycles. The number of rotatable bonds is 6. The number of hydrogen-bond donors (Lipinski definition) is 0. The van der Waals surface area contributed by atoms with Crippen LogP contribution in [-0.4, -0.2) is 11.8 Å². The van der Waals surface area contributed by atoms with Crippen LogP contribution in [0.2, 0.25) is 0 Å². The SMILES string of the molecule is C[OH+]c1ccc(C(Oc2ccccc2)=C(c2ccccc2)c2ccccc2)cc1. The number of aromatic hydroxyl groups is 1. The van der Waals surface area contributed by atoms with Crippen LogP contribution in [0.1, 0.15) is 16.7 Å². The average Bonchev–Trinajstić information content (AvgIpc) is 2.81. The summed E-state index contributed by atoms with van der Waals surface area (Å²) in [5, 5.41) is 0. The number of aliphatic hydroxyl groups is 1. The molecule has 0 amide bonds. The predicted molar refractivity (Wildman–Crippen MR) is 120 cm³/mol. The van der Waals surface area contributed by atoms with Crippen LogP contribution in [0.15, 0.2) is 115 Å². The van der Waals surface area contributed by atoms with Crippen LogP contribution in [0.25, 0.3) is 11.3 Å². The van der Waals surface area contributed by atoms with Crippen molar-refractivity contribution < 1.29 is 9.47 Å². The second-order valence-electron chi connectivity index (χ2n) is 6.62. The van der Waals surface area contributed by atoms with Crippen molar-refractivity contribution in [3.8, 4) is 11.5 Å². The number of ether oxygens (including phenoxy) is 2. The van der Waals surface area contributed by atoms with Gasteiger partial charge in [-0.1, -0.05) is 78.9 Å². The molecule has 0 aliphatic rings. The van der Waals surface area contributed by atoms with Crippen LogP contribution in [0.4, 0.5) is 0 Å². The second-order valence-corrected chi connectivity index (χ2v) is 6.62. The molecule has 0 heterocycles. The van der Waals surface area contributed by atoms with Gasteiger partial charge in [-0.3, -0.25) is 0 Å². The zero-order chi connectivity index (χ0) is 19.9. The third-order valence-corrected chi connectivity index (χ3v) is 4.70. The zero-order valence-corrected chi connectivity index (χ0v) is 16.3. The van der Waals surface area contributed by atoms with E-state index in [2.05, 4.69) is 65.4 Å². The molecule has 0 unspecified atom stereocenters. The first kappa shape index (κ1) is 18.6. The Labute approximate surface area is 171 Å². The van der Waals surface area contributed by atoms with Gasteiger partial charge in [-0.15, -0.1) is 0 Å². The Kier molecular flexibility index (Phi) is 5.73. The minimum atomic E-state index is 0.802. The molecular formula is C27H23O2+. The molecule has 0 atom stereocenters. The first-order valence-electron chi connectivity index (χ1n) is 9.63. The Morgan fingerprint density at radius 3 is 1.52 bits per heavy atom. The monoisotopic (exact) mass is 379 g/mol. The highest BCUT2D eigenvalue weighted by Gasteiger charge is 2.17. The number of benzene rings is 4. The van der Waals surface area contributed by atoms with E-state index in [4.69, 9.17) is 4.74 Å². The molecule has 0 fully saturated rings. The van der Waals surface area contributed by atoms with Gasteiger partial charge in [0.2, 0.25) is 0 Å². The molecule has 4 aromatic carbocycles. The molecule has 0 bridgehead atoms. The molecular weight excluding hydrogens is 356 g/mol. The highest BCUT2D eigenvalue weighted by Crippen LogP contribution is 2.34. The third kappa shape index (κ3) is 4.39. The van der Waals surface area contributed by atoms with Crippen LogP contribution in [0.3, 0.4) is 0 Å². The largest absolute Gasteiger partial charge is 0.585 e. The van der Waals surface area contributed by atoms with Gasteiger partial charge in [0.05, 0.1) is 0 Å². The molecule has 0 aliphatic carbocycles. The molecule has 4 aromatic rings. The van der Waals surface area contributed by atoms with E-state index in [9.17, 15) is 0 Å². The summed E-state index contributed by atoms with van der Waals surface area (Å²) >= 11 is 0. The van der Waals surface area contributed by atoms with E-state index in [1.165, 1.54) is 0 Å². The van der Waals surface area contributed by atoms with Gasteiger partial charge < -0.3 is 9.47 Å². The van der Waals surface area contributed by atoms with Crippen molar-refractivity contribution in [3.05, 3.63) is 132 Å². The fourth-order valence-corrected chi connectivity index (χ4v) is 3.26. The Morgan fingerprint density at radius 1 is 0.552 bits per heavy atom. The second kappa shape index (κ2) is 8.94. The summed E-state index contributed by atoms with van der Waals surface area (Å²) in [5.41, 5.74) is 4.27. The Morgan fingerprint density at radius 2 is 1.03 bits per heavy atom. The van der Waals surface area contributed by atoms with E-state index in [0.29, 0.717) is 0 Å². The Balaban J connectivity index is 1.96. The lowest BCUT2D eigenvalue weighted by Gasteiger charge is -2.18. The first-order chi connectivity index (χ1) is 14.3. The van der Waals surface area contributed by atoms with Crippen molar-refractivity contribution in [1.82, 2.24) is 0 Å². The van der Waals surface area contributed by atoms with Crippen molar-refractivity contribution >= 4 is 11.3 Å². The van der Waals surface area contributed by atoms with Crippen LogP contribution in [-0.2, 0) is 0 Å². The number of para-hydroxylation sites is 1. The smallest absolute Gasteiger partial charge is 0.254 e. The van der Waals surface area contributed by atoms with Crippen molar-refractivity contribution in [2.45, 2.75) is 0 Å². The standard InChI is InChI=1S/C27H22O2/c1-28-24-19-17-23(18-20-24)27(29-25-15-9-4-10-16-25)26(21-11-5-2-6-12-21)22-13-7-3-8-14-22/h2-20H,1H3/p+1. The molecule has 0 spiro atoms. The summed E-state index contributed by atoms with van der Waals surface area (Å²) in [6.07, 6.45) is 0. The van der Waals surface area contributed by atoms with Crippen molar-refractivity contribution in [2.24, 2.45) is 0 Å². The average molecular weight is 379 g/mol. The lowest BCUT2D eigenvalue weighted by molar-refractivity contribution is 0.136. The molecule has 2 heteroatoms. The van der Waals surface area contributed by atoms with Gasteiger partial charge >= 0.3 is 0 Å². The molecule has 0 saturated carbocycles. The maximum atomic E-state index is 6.49. The topological polar surface area (TPSA) is 22.0 Å². The number of hydrogen-bond acceptors (Lipinski definition) is 1. The molecule has 0 saturated heterocycles. The normalized spacial score (nSPS) is 10.2. The van der Waals surface area contributed by atoms with E-state index < -0.39 is 0 Å². The molecule has 1 N–H and O–H groups in total. The summed E-state index contributed by atoms with van der Waals surface area (Å²) in [7, 11) is 1.80. The van der Waals surface area contributed by atoms with E-state index in [1.54, 1.807) is 7.11 Å². The minimum absolute atomic E-state index is 0.802. The molecule has 142 valence electrons. The first-order valence-corrected chi connectivity index (χ1v) is 9.63. The van der Waals surface area contributed by atoms with E-state index in [1.807, 2.05) is 54.6 Å². The van der Waals surface area contributed by atoms with Crippen molar-refractivity contribution in [2.75, 3.05) is 7.11 Å². The fourth-order valence-electron chi connectivity index (χ4n) is 3.26. The van der Waals surface area contributed by atoms with Crippen molar-refractivity contribution in [3.63, 3.8) is 0 Å². The van der Waals surface area contributed by atoms with Gasteiger partial charge in [0, 0.05) is 23.3 Å². The molecule has 2 nitrogen and oxygen atoms in total. The van der Waals surface area contributed by atoms with Crippen LogP contribution in [0.5, 0.6) is 11.5 Å². The quantitative estimate of drug-likeness (QED) is 0.211. The summed E-state index contributed by atoms with van der Waals surface area (Å²) < 4.78 is 10.8. The van der Waals surface area contributed by atoms with Gasteiger partial charge in [-0.25, -0.2) is 0 Å². The van der Waals surface area contributed by atoms with Gasteiger partial charge in [-0.05, 0) is 35.4 Å². The summed E-state index contributed by atoms with van der Waals surface area (Å²) in [5.74, 6) is 2.56. The lowest BCUT2D eigenvalue weighted by Crippen LogP contribution is -2.02. The molecule has 0 aromatic heterocycles. The lowest BCUT2D eigenvalue weighted by atomic mass is 9.94. The maximum absolute atomic E-state index is 6.49. The van der Waals surface area contributed by atoms with Crippen LogP contribution >= 0.6 is 0 Å². The molecule has 0 radical (unpaired) electrons. The van der Waals surface area contributed by atoms with Crippen LogP contribution in [0, 0.1) is 0 Å². The fraction of sp³-hybridized carbons (Fsp3) is 0.0370. The van der Waals surface area contributed by atoms with Gasteiger partial charge in [0.1, 0.15) is 11.5 Å². The molecule has 29 heavy (non-hydrogen) atoms. The van der Waals surface area contributed by atoms with E-state index in [-0.39, 0.29) is 0 Å². The maximum Gasteiger partial charge on any atom is 0.254 e. The van der Waals surface area contributed by atoms with Gasteiger partial charge in [0.25, 0.3) is 5.75 Å². The highest BCUT2D eigenvalue weighted by atomic mass is 16.5. The minimum Gasteiger partial charge on any atom is -0.585 e. The highest BCUT2D eigenvalue weighted by molar-refractivity contribution is 5.96. The van der Waals surface area contributed by atoms with Crippen molar-refractivity contribution in [1.29, 1.82) is 0 Å². The zero-order valence-electron chi connectivity index (χ0n) is 16.3. The Bertz CT molecular complexity index is 1030. The van der Waals surface area contributed by atoms with Gasteiger partial charge in [-0.2, -0.15) is 0 Å². The summed E-state index contributed by atoms with van der Waals surface area (Å²) in [4.78, 5) is 0. The van der Waals surface area contributed by atoms with Gasteiger partial charge in [0.15, 0.2) is 7.11 Å². The predicted octanol–water partition coefficient (Wildman–Crippen LogP) is 6.55. The summed E-state index contributed by atoms with van der Waals surface area (Å²) in [6, 6.07) is 38.8. The van der Waals surface area contributed by atoms with E-state index >= 15 is 0 Å². The van der Waals surface area contributed by atoms with Crippen LogP contribution < -0.4 is 4.74 Å².